The van der Waals surface area contributed by atoms with Crippen LogP contribution in [0.3, 0.4) is 0 Å². The number of carboxylic acids is 2. The van der Waals surface area contributed by atoms with Crippen LogP contribution in [0.2, 0.25) is 0 Å². The molecule has 0 saturated heterocycles. The highest BCUT2D eigenvalue weighted by atomic mass is 31.1. The van der Waals surface area contributed by atoms with E-state index in [0.717, 1.165) is 4.90 Å². The van der Waals surface area contributed by atoms with Gasteiger partial charge in [-0.1, -0.05) is 0 Å². The van der Waals surface area contributed by atoms with Gasteiger partial charge in [-0.25, -0.2) is 0 Å². The Morgan fingerprint density at radius 3 is 1.83 bits per heavy atom. The van der Waals surface area contributed by atoms with Gasteiger partial charge in [0.15, 0.2) is 8.46 Å². The van der Waals surface area contributed by atoms with Crippen molar-refractivity contribution >= 4 is 20.4 Å². The predicted molar refractivity (Wildman–Crippen MR) is 39.3 cm³/mol. The van der Waals surface area contributed by atoms with Gasteiger partial charge in [0, 0.05) is 0 Å². The summed E-state index contributed by atoms with van der Waals surface area (Å²) in [4.78, 5) is 21.3. The van der Waals surface area contributed by atoms with Crippen molar-refractivity contribution in [1.82, 2.24) is 4.90 Å². The Bertz CT molecular complexity index is 178. The van der Waals surface area contributed by atoms with E-state index in [1.807, 2.05) is 0 Å². The third-order valence-corrected chi connectivity index (χ3v) is 1.49. The summed E-state index contributed by atoms with van der Waals surface area (Å²) in [6.07, 6.45) is -0.0847. The number of rotatable bonds is 6. The average Bonchev–Trinajstić information content (AvgIpc) is 1.84. The maximum atomic E-state index is 10.1. The van der Waals surface area contributed by atoms with Gasteiger partial charge < -0.3 is 10.2 Å². The van der Waals surface area contributed by atoms with Gasteiger partial charge in [0.1, 0.15) is 0 Å². The maximum Gasteiger partial charge on any atom is 0.317 e. The number of hydrogen-bond acceptors (Lipinski definition) is 4. The largest absolute Gasteiger partial charge is 0.480 e. The van der Waals surface area contributed by atoms with Gasteiger partial charge in [0.2, 0.25) is 0 Å². The first-order valence-electron chi connectivity index (χ1n) is 3.01. The van der Waals surface area contributed by atoms with Crippen LogP contribution in [0.5, 0.6) is 0 Å². The molecule has 0 fully saturated rings. The van der Waals surface area contributed by atoms with Crippen molar-refractivity contribution < 1.29 is 24.4 Å². The molecule has 6 nitrogen and oxygen atoms in total. The molecule has 0 aliphatic rings. The maximum absolute atomic E-state index is 10.1. The van der Waals surface area contributed by atoms with E-state index in [9.17, 15) is 14.2 Å². The van der Waals surface area contributed by atoms with E-state index in [-0.39, 0.29) is 14.7 Å². The van der Waals surface area contributed by atoms with Crippen LogP contribution >= 0.6 is 8.46 Å². The molecule has 0 aliphatic heterocycles. The Labute approximate surface area is 70.0 Å². The minimum atomic E-state index is -1.14. The van der Waals surface area contributed by atoms with Gasteiger partial charge in [-0.15, -0.1) is 0 Å². The summed E-state index contributed by atoms with van der Waals surface area (Å²) in [5.41, 5.74) is 0. The standard InChI is InChI=1S/C5H8NO5P/c7-4(8)1-6(3-12-11)2-5(9)10/h1-3H2,(H,7,8)(H,9,10). The number of nitrogens with zero attached hydrogens (tertiary/aromatic N) is 1. The molecule has 0 unspecified atom stereocenters. The van der Waals surface area contributed by atoms with E-state index in [4.69, 9.17) is 10.2 Å². The predicted octanol–water partition coefficient (Wildman–Crippen LogP) is -0.293. The van der Waals surface area contributed by atoms with Gasteiger partial charge in [0.05, 0.1) is 19.4 Å². The molecule has 2 N–H and O–H groups in total. The van der Waals surface area contributed by atoms with E-state index in [2.05, 4.69) is 0 Å². The molecule has 12 heavy (non-hydrogen) atoms. The molecule has 0 aromatic rings. The molecule has 0 spiro atoms. The van der Waals surface area contributed by atoms with Gasteiger partial charge in [0.25, 0.3) is 0 Å². The van der Waals surface area contributed by atoms with E-state index in [1.54, 1.807) is 0 Å². The molecule has 7 heteroatoms. The molecule has 0 aliphatic carbocycles. The fraction of sp³-hybridized carbons (Fsp3) is 0.600. The van der Waals surface area contributed by atoms with Crippen molar-refractivity contribution in [3.63, 3.8) is 0 Å². The van der Waals surface area contributed by atoms with Gasteiger partial charge in [-0.3, -0.25) is 19.1 Å². The van der Waals surface area contributed by atoms with E-state index >= 15 is 0 Å². The Hall–Kier alpha value is -1.00. The molecule has 68 valence electrons. The van der Waals surface area contributed by atoms with Crippen molar-refractivity contribution in [2.24, 2.45) is 0 Å². The molecule has 0 amide bonds. The fourth-order valence-electron chi connectivity index (χ4n) is 0.620. The van der Waals surface area contributed by atoms with Crippen LogP contribution in [0.1, 0.15) is 0 Å². The molecule has 0 radical (unpaired) electrons. The lowest BCUT2D eigenvalue weighted by Crippen LogP contribution is -2.33. The number of carboxylic acid groups (broad SMARTS) is 2. The summed E-state index contributed by atoms with van der Waals surface area (Å²) in [6, 6.07) is 0. The first-order chi connectivity index (χ1) is 5.56. The number of carbonyl (C=O) groups is 2. The third kappa shape index (κ3) is 5.76. The van der Waals surface area contributed by atoms with E-state index < -0.39 is 25.0 Å². The number of aliphatic carboxylic acids is 2. The lowest BCUT2D eigenvalue weighted by atomic mass is 10.5. The quantitative estimate of drug-likeness (QED) is 0.562. The molecule has 0 aromatic carbocycles. The van der Waals surface area contributed by atoms with Gasteiger partial charge >= 0.3 is 11.9 Å². The number of hydrogen-bond donors (Lipinski definition) is 2. The second kappa shape index (κ2) is 5.62. The van der Waals surface area contributed by atoms with Crippen molar-refractivity contribution in [2.75, 3.05) is 19.4 Å². The van der Waals surface area contributed by atoms with Crippen LogP contribution in [-0.4, -0.2) is 46.4 Å². The van der Waals surface area contributed by atoms with Crippen LogP contribution in [0.25, 0.3) is 0 Å². The highest BCUT2D eigenvalue weighted by Crippen LogP contribution is 1.97. The van der Waals surface area contributed by atoms with Crippen LogP contribution in [0.4, 0.5) is 0 Å². The summed E-state index contributed by atoms with van der Waals surface area (Å²) in [5, 5.41) is 16.6. The minimum Gasteiger partial charge on any atom is -0.480 e. The Balaban J connectivity index is 3.93. The first kappa shape index (κ1) is 11.0. The Morgan fingerprint density at radius 1 is 1.17 bits per heavy atom. The Morgan fingerprint density at radius 2 is 1.58 bits per heavy atom. The van der Waals surface area contributed by atoms with Crippen LogP contribution in [0.15, 0.2) is 0 Å². The average molecular weight is 193 g/mol. The first-order valence-corrected chi connectivity index (χ1v) is 4.01. The van der Waals surface area contributed by atoms with Crippen LogP contribution < -0.4 is 0 Å². The summed E-state index contributed by atoms with van der Waals surface area (Å²) in [7, 11) is -0.285. The fourth-order valence-corrected chi connectivity index (χ4v) is 0.983. The summed E-state index contributed by atoms with van der Waals surface area (Å²) in [6.45, 7) is -0.830. The highest BCUT2D eigenvalue weighted by Gasteiger charge is 2.12. The molecule has 0 heterocycles. The third-order valence-electron chi connectivity index (χ3n) is 0.975. The molecular formula is C5H8NO5P. The zero-order valence-corrected chi connectivity index (χ0v) is 7.03. The zero-order valence-electron chi connectivity index (χ0n) is 6.13. The molecule has 0 aromatic heterocycles. The summed E-state index contributed by atoms with van der Waals surface area (Å²) >= 11 is 0. The topological polar surface area (TPSA) is 94.9 Å². The SMILES string of the molecule is O=PCN(CC(=O)O)CC(=O)O. The molecule has 0 bridgehead atoms. The monoisotopic (exact) mass is 193 g/mol. The lowest BCUT2D eigenvalue weighted by Gasteiger charge is -2.12. The molecule has 0 rings (SSSR count). The second-order valence-corrected chi connectivity index (χ2v) is 2.59. The zero-order chi connectivity index (χ0) is 9.56. The second-order valence-electron chi connectivity index (χ2n) is 2.05. The Kier molecular flexibility index (Phi) is 5.16. The van der Waals surface area contributed by atoms with Crippen molar-refractivity contribution in [2.45, 2.75) is 0 Å². The van der Waals surface area contributed by atoms with Crippen molar-refractivity contribution in [3.8, 4) is 0 Å². The van der Waals surface area contributed by atoms with Crippen LogP contribution in [0, 0.1) is 0 Å². The molecular weight excluding hydrogens is 185 g/mol. The van der Waals surface area contributed by atoms with E-state index in [0.29, 0.717) is 0 Å². The normalized spacial score (nSPS) is 10.4. The molecule has 0 saturated carbocycles. The summed E-state index contributed by atoms with van der Waals surface area (Å²) < 4.78 is 10.0. The van der Waals surface area contributed by atoms with Gasteiger partial charge in [-0.05, 0) is 0 Å². The highest BCUT2D eigenvalue weighted by molar-refractivity contribution is 7.23. The minimum absolute atomic E-state index is 0.0847. The lowest BCUT2D eigenvalue weighted by molar-refractivity contribution is -0.141. The van der Waals surface area contributed by atoms with Crippen molar-refractivity contribution in [1.29, 1.82) is 0 Å². The smallest absolute Gasteiger partial charge is 0.317 e. The molecule has 0 atom stereocenters. The summed E-state index contributed by atoms with van der Waals surface area (Å²) in [5.74, 6) is -2.28. The van der Waals surface area contributed by atoms with Crippen molar-refractivity contribution in [3.05, 3.63) is 0 Å². The van der Waals surface area contributed by atoms with Crippen LogP contribution in [-0.2, 0) is 14.2 Å². The van der Waals surface area contributed by atoms with Gasteiger partial charge in [-0.2, -0.15) is 0 Å². The van der Waals surface area contributed by atoms with E-state index in [1.165, 1.54) is 0 Å².